The summed E-state index contributed by atoms with van der Waals surface area (Å²) in [6, 6.07) is 20.5. The summed E-state index contributed by atoms with van der Waals surface area (Å²) in [5.74, 6) is 0.412. The van der Waals surface area contributed by atoms with Gasteiger partial charge in [0.05, 0.1) is 6.04 Å². The second kappa shape index (κ2) is 8.36. The van der Waals surface area contributed by atoms with Gasteiger partial charge in [-0.25, -0.2) is 4.79 Å². The molecular formula is C25H25NO2S. The Balaban J connectivity index is 1.73. The summed E-state index contributed by atoms with van der Waals surface area (Å²) in [6.07, 6.45) is 0. The zero-order chi connectivity index (χ0) is 20.4. The largest absolute Gasteiger partial charge is 0.423 e. The Bertz CT molecular complexity index is 1160. The van der Waals surface area contributed by atoms with Crippen LogP contribution in [0.15, 0.2) is 75.3 Å². The second-order valence-corrected chi connectivity index (χ2v) is 8.67. The fraction of sp³-hybridized carbons (Fsp3) is 0.240. The molecule has 29 heavy (non-hydrogen) atoms. The van der Waals surface area contributed by atoms with Crippen molar-refractivity contribution in [3.8, 4) is 0 Å². The van der Waals surface area contributed by atoms with Crippen molar-refractivity contribution in [3.05, 3.63) is 104 Å². The molecule has 0 aliphatic rings. The van der Waals surface area contributed by atoms with E-state index >= 15 is 0 Å². The number of nitrogens with one attached hydrogen (secondary N) is 1. The molecule has 0 bridgehead atoms. The fourth-order valence-corrected chi connectivity index (χ4v) is 4.68. The predicted molar refractivity (Wildman–Crippen MR) is 121 cm³/mol. The average Bonchev–Trinajstić information content (AvgIpc) is 3.22. The molecule has 2 aromatic carbocycles. The van der Waals surface area contributed by atoms with Crippen LogP contribution in [0, 0.1) is 6.92 Å². The summed E-state index contributed by atoms with van der Waals surface area (Å²) in [7, 11) is 0. The molecule has 3 nitrogen and oxygen atoms in total. The molecule has 1 atom stereocenters. The fourth-order valence-electron chi connectivity index (χ4n) is 3.86. The number of thiophene rings is 1. The van der Waals surface area contributed by atoms with E-state index in [1.165, 1.54) is 16.0 Å². The maximum Gasteiger partial charge on any atom is 0.336 e. The summed E-state index contributed by atoms with van der Waals surface area (Å²) in [5.41, 5.74) is 4.96. The van der Waals surface area contributed by atoms with Crippen LogP contribution in [-0.4, -0.2) is 0 Å². The van der Waals surface area contributed by atoms with Gasteiger partial charge in [-0.3, -0.25) is 0 Å². The van der Waals surface area contributed by atoms with Gasteiger partial charge in [0, 0.05) is 22.9 Å². The van der Waals surface area contributed by atoms with Gasteiger partial charge in [-0.05, 0) is 58.7 Å². The number of fused-ring (bicyclic) bond motifs is 1. The van der Waals surface area contributed by atoms with Gasteiger partial charge in [0.15, 0.2) is 0 Å². The number of benzene rings is 2. The number of aryl methyl sites for hydroxylation is 1. The molecule has 4 heteroatoms. The predicted octanol–water partition coefficient (Wildman–Crippen LogP) is 6.17. The molecule has 2 heterocycles. The molecule has 0 saturated heterocycles. The van der Waals surface area contributed by atoms with Crippen molar-refractivity contribution >= 4 is 22.3 Å². The molecule has 0 unspecified atom stereocenters. The third kappa shape index (κ3) is 4.19. The molecule has 0 spiro atoms. The summed E-state index contributed by atoms with van der Waals surface area (Å²) in [4.78, 5) is 13.4. The van der Waals surface area contributed by atoms with Gasteiger partial charge < -0.3 is 9.73 Å². The van der Waals surface area contributed by atoms with Crippen LogP contribution in [0.1, 0.15) is 52.9 Å². The summed E-state index contributed by atoms with van der Waals surface area (Å²) < 4.78 is 5.50. The Hall–Kier alpha value is -2.69. The lowest BCUT2D eigenvalue weighted by atomic mass is 9.94. The SMILES string of the molecule is Cc1cc2oc(=O)cc(CN[C@@H](c3ccccc3)c3cccs3)c2cc1C(C)C. The van der Waals surface area contributed by atoms with Crippen LogP contribution in [0.5, 0.6) is 0 Å². The zero-order valence-electron chi connectivity index (χ0n) is 16.9. The third-order valence-electron chi connectivity index (χ3n) is 5.30. The van der Waals surface area contributed by atoms with Crippen molar-refractivity contribution < 1.29 is 4.42 Å². The van der Waals surface area contributed by atoms with E-state index in [4.69, 9.17) is 4.42 Å². The molecule has 0 radical (unpaired) electrons. The summed E-state index contributed by atoms with van der Waals surface area (Å²) in [6.45, 7) is 7.03. The Kier molecular flexibility index (Phi) is 5.65. The van der Waals surface area contributed by atoms with Crippen molar-refractivity contribution in [2.24, 2.45) is 0 Å². The molecule has 0 amide bonds. The van der Waals surface area contributed by atoms with Gasteiger partial charge in [0.25, 0.3) is 0 Å². The molecule has 1 N–H and O–H groups in total. The van der Waals surface area contributed by atoms with Crippen LogP contribution in [0.2, 0.25) is 0 Å². The van der Waals surface area contributed by atoms with Crippen molar-refractivity contribution in [1.82, 2.24) is 5.32 Å². The van der Waals surface area contributed by atoms with Crippen molar-refractivity contribution in [2.45, 2.75) is 39.3 Å². The first-order chi connectivity index (χ1) is 14.0. The van der Waals surface area contributed by atoms with Gasteiger partial charge in [0.1, 0.15) is 5.58 Å². The number of hydrogen-bond donors (Lipinski definition) is 1. The molecule has 0 aliphatic heterocycles. The van der Waals surface area contributed by atoms with Crippen molar-refractivity contribution in [3.63, 3.8) is 0 Å². The third-order valence-corrected chi connectivity index (χ3v) is 6.23. The highest BCUT2D eigenvalue weighted by Crippen LogP contribution is 2.29. The van der Waals surface area contributed by atoms with E-state index < -0.39 is 0 Å². The van der Waals surface area contributed by atoms with Crippen LogP contribution in [0.25, 0.3) is 11.0 Å². The Morgan fingerprint density at radius 1 is 1.03 bits per heavy atom. The lowest BCUT2D eigenvalue weighted by Gasteiger charge is -2.19. The second-order valence-electron chi connectivity index (χ2n) is 7.69. The maximum absolute atomic E-state index is 12.2. The Morgan fingerprint density at radius 2 is 1.83 bits per heavy atom. The molecule has 0 aliphatic carbocycles. The molecule has 0 fully saturated rings. The van der Waals surface area contributed by atoms with Crippen LogP contribution >= 0.6 is 11.3 Å². The van der Waals surface area contributed by atoms with Gasteiger partial charge in [0.2, 0.25) is 0 Å². The van der Waals surface area contributed by atoms with E-state index in [1.54, 1.807) is 17.4 Å². The average molecular weight is 404 g/mol. The minimum atomic E-state index is -0.307. The smallest absolute Gasteiger partial charge is 0.336 e. The quantitative estimate of drug-likeness (QED) is 0.392. The first-order valence-electron chi connectivity index (χ1n) is 9.92. The first kappa shape index (κ1) is 19.6. The molecule has 148 valence electrons. The minimum absolute atomic E-state index is 0.0773. The van der Waals surface area contributed by atoms with Crippen LogP contribution < -0.4 is 10.9 Å². The van der Waals surface area contributed by atoms with Crippen LogP contribution in [-0.2, 0) is 6.54 Å². The van der Waals surface area contributed by atoms with E-state index in [1.807, 2.05) is 12.1 Å². The highest BCUT2D eigenvalue weighted by Gasteiger charge is 2.16. The van der Waals surface area contributed by atoms with E-state index in [2.05, 4.69) is 73.9 Å². The van der Waals surface area contributed by atoms with Crippen LogP contribution in [0.4, 0.5) is 0 Å². The molecule has 4 aromatic rings. The number of hydrogen-bond acceptors (Lipinski definition) is 4. The maximum atomic E-state index is 12.2. The normalized spacial score (nSPS) is 12.6. The first-order valence-corrected chi connectivity index (χ1v) is 10.8. The van der Waals surface area contributed by atoms with Gasteiger partial charge in [-0.1, -0.05) is 50.2 Å². The van der Waals surface area contributed by atoms with E-state index in [-0.39, 0.29) is 11.7 Å². The van der Waals surface area contributed by atoms with Gasteiger partial charge in [-0.15, -0.1) is 11.3 Å². The van der Waals surface area contributed by atoms with Crippen molar-refractivity contribution in [1.29, 1.82) is 0 Å². The van der Waals surface area contributed by atoms with E-state index in [0.717, 1.165) is 16.5 Å². The summed E-state index contributed by atoms with van der Waals surface area (Å²) in [5, 5.41) is 6.77. The lowest BCUT2D eigenvalue weighted by molar-refractivity contribution is 0.553. The van der Waals surface area contributed by atoms with Crippen molar-refractivity contribution in [2.75, 3.05) is 0 Å². The Labute approximate surface area is 175 Å². The number of rotatable bonds is 6. The lowest BCUT2D eigenvalue weighted by Crippen LogP contribution is -2.22. The Morgan fingerprint density at radius 3 is 2.52 bits per heavy atom. The minimum Gasteiger partial charge on any atom is -0.423 e. The standard InChI is InChI=1S/C25H25NO2S/c1-16(2)20-14-21-19(13-24(27)28-22(21)12-17(20)3)15-26-25(23-10-7-11-29-23)18-8-5-4-6-9-18/h4-14,16,25-26H,15H2,1-3H3/t25-/m0/s1. The van der Waals surface area contributed by atoms with Crippen LogP contribution in [0.3, 0.4) is 0 Å². The summed E-state index contributed by atoms with van der Waals surface area (Å²) >= 11 is 1.73. The molecule has 0 saturated carbocycles. The van der Waals surface area contributed by atoms with Gasteiger partial charge >= 0.3 is 5.63 Å². The highest BCUT2D eigenvalue weighted by atomic mass is 32.1. The molecule has 2 aromatic heterocycles. The molecule has 4 rings (SSSR count). The van der Waals surface area contributed by atoms with E-state index in [9.17, 15) is 4.79 Å². The van der Waals surface area contributed by atoms with Gasteiger partial charge in [-0.2, -0.15) is 0 Å². The monoisotopic (exact) mass is 403 g/mol. The molecular weight excluding hydrogens is 378 g/mol. The van der Waals surface area contributed by atoms with E-state index in [0.29, 0.717) is 18.0 Å². The topological polar surface area (TPSA) is 42.2 Å². The zero-order valence-corrected chi connectivity index (χ0v) is 17.8. The highest BCUT2D eigenvalue weighted by molar-refractivity contribution is 7.10.